The van der Waals surface area contributed by atoms with Crippen LogP contribution in [0.4, 0.5) is 0 Å². The summed E-state index contributed by atoms with van der Waals surface area (Å²) in [6.45, 7) is 4.59. The van der Waals surface area contributed by atoms with E-state index in [1.165, 1.54) is 10.9 Å². The van der Waals surface area contributed by atoms with Gasteiger partial charge in [0.05, 0.1) is 5.69 Å². The minimum Gasteiger partial charge on any atom is -0.337 e. The zero-order chi connectivity index (χ0) is 17.1. The van der Waals surface area contributed by atoms with Gasteiger partial charge in [-0.2, -0.15) is 0 Å². The van der Waals surface area contributed by atoms with Crippen molar-refractivity contribution in [1.82, 2.24) is 19.6 Å². The number of amides is 1. The summed E-state index contributed by atoms with van der Waals surface area (Å²) in [5, 5.41) is 4.05. The number of aryl methyl sites for hydroxylation is 1. The van der Waals surface area contributed by atoms with Gasteiger partial charge in [-0.05, 0) is 19.4 Å². The lowest BCUT2D eigenvalue weighted by molar-refractivity contribution is -0.132. The molecule has 124 valence electrons. The van der Waals surface area contributed by atoms with Gasteiger partial charge < -0.3 is 9.42 Å². The van der Waals surface area contributed by atoms with Crippen LogP contribution in [0.15, 0.2) is 46.0 Å². The van der Waals surface area contributed by atoms with Gasteiger partial charge in [-0.25, -0.2) is 4.98 Å². The first-order valence-electron chi connectivity index (χ1n) is 7.73. The summed E-state index contributed by atoms with van der Waals surface area (Å²) in [7, 11) is 0. The molecule has 0 saturated heterocycles. The maximum Gasteiger partial charge on any atom is 0.267 e. The van der Waals surface area contributed by atoms with Crippen LogP contribution in [0.2, 0.25) is 0 Å². The van der Waals surface area contributed by atoms with Crippen molar-refractivity contribution in [3.8, 4) is 0 Å². The van der Waals surface area contributed by atoms with Crippen molar-refractivity contribution >= 4 is 17.0 Å². The van der Waals surface area contributed by atoms with Gasteiger partial charge in [0.2, 0.25) is 5.91 Å². The van der Waals surface area contributed by atoms with E-state index in [9.17, 15) is 9.59 Å². The number of nitrogens with zero attached hydrogens (tertiary/aromatic N) is 4. The lowest BCUT2D eigenvalue weighted by Crippen LogP contribution is -2.36. The number of benzene rings is 1. The summed E-state index contributed by atoms with van der Waals surface area (Å²) >= 11 is 0. The number of hydrogen-bond donors (Lipinski definition) is 0. The predicted molar refractivity (Wildman–Crippen MR) is 88.3 cm³/mol. The second-order valence-corrected chi connectivity index (χ2v) is 5.52. The first-order valence-corrected chi connectivity index (χ1v) is 7.73. The molecule has 7 nitrogen and oxygen atoms in total. The van der Waals surface area contributed by atoms with Crippen molar-refractivity contribution < 1.29 is 9.32 Å². The molecule has 1 aromatic carbocycles. The first kappa shape index (κ1) is 15.9. The Balaban J connectivity index is 1.82. The molecular formula is C17H18N4O3. The molecule has 1 amide bonds. The molecule has 0 N–H and O–H groups in total. The fourth-order valence-electron chi connectivity index (χ4n) is 2.55. The summed E-state index contributed by atoms with van der Waals surface area (Å²) < 4.78 is 6.26. The smallest absolute Gasteiger partial charge is 0.267 e. The van der Waals surface area contributed by atoms with E-state index >= 15 is 0 Å². The lowest BCUT2D eigenvalue weighted by atomic mass is 10.2. The van der Waals surface area contributed by atoms with Crippen LogP contribution in [-0.4, -0.2) is 32.1 Å². The predicted octanol–water partition coefficient (Wildman–Crippen LogP) is 1.74. The Morgan fingerprint density at radius 2 is 2.04 bits per heavy atom. The molecule has 3 aromatic rings. The summed E-state index contributed by atoms with van der Waals surface area (Å²) in [5.41, 5.74) is 1.39. The zero-order valence-corrected chi connectivity index (χ0v) is 13.6. The molecule has 0 saturated carbocycles. The van der Waals surface area contributed by atoms with Crippen molar-refractivity contribution in [3.05, 3.63) is 58.3 Å². The van der Waals surface area contributed by atoms with Gasteiger partial charge in [0.1, 0.15) is 18.3 Å². The van der Waals surface area contributed by atoms with Crippen molar-refractivity contribution in [2.75, 3.05) is 6.54 Å². The highest BCUT2D eigenvalue weighted by Crippen LogP contribution is 2.10. The summed E-state index contributed by atoms with van der Waals surface area (Å²) in [6, 6.07) is 9.74. The molecule has 0 radical (unpaired) electrons. The van der Waals surface area contributed by atoms with Crippen LogP contribution in [0, 0.1) is 6.92 Å². The number of rotatable bonds is 5. The fraction of sp³-hybridized carbons (Fsp3) is 0.294. The van der Waals surface area contributed by atoms with Crippen LogP contribution in [0.3, 0.4) is 0 Å². The Labute approximate surface area is 138 Å². The number of carbonyl (C=O) groups excluding carboxylic acids is 1. The highest BCUT2D eigenvalue weighted by Gasteiger charge is 2.17. The molecule has 2 aromatic heterocycles. The molecule has 0 atom stereocenters. The number of aromatic nitrogens is 3. The number of hydrogen-bond acceptors (Lipinski definition) is 5. The third kappa shape index (κ3) is 3.05. The summed E-state index contributed by atoms with van der Waals surface area (Å²) in [4.78, 5) is 30.8. The molecule has 0 aliphatic rings. The van der Waals surface area contributed by atoms with Crippen LogP contribution in [0.25, 0.3) is 11.1 Å². The van der Waals surface area contributed by atoms with Crippen LogP contribution in [0.1, 0.15) is 18.2 Å². The van der Waals surface area contributed by atoms with Crippen molar-refractivity contribution in [3.63, 3.8) is 0 Å². The standard InChI is InChI=1S/C17H18N4O3/c1-3-20(9-13-7-5-4-6-8-13)14(22)10-21-11-18-16-15(17(21)23)12(2)19-24-16/h4-8,11H,3,9-10H2,1-2H3. The first-order chi connectivity index (χ1) is 11.6. The molecular weight excluding hydrogens is 308 g/mol. The molecule has 7 heteroatoms. The Hall–Kier alpha value is -2.96. The van der Waals surface area contributed by atoms with E-state index in [0.717, 1.165) is 5.56 Å². The molecule has 0 bridgehead atoms. The van der Waals surface area contributed by atoms with E-state index in [4.69, 9.17) is 4.52 Å². The highest BCUT2D eigenvalue weighted by molar-refractivity contribution is 5.77. The monoisotopic (exact) mass is 326 g/mol. The maximum atomic E-state index is 12.6. The van der Waals surface area contributed by atoms with Gasteiger partial charge in [-0.1, -0.05) is 35.5 Å². The lowest BCUT2D eigenvalue weighted by Gasteiger charge is -2.21. The summed E-state index contributed by atoms with van der Waals surface area (Å²) in [5.74, 6) is -0.140. The normalized spacial score (nSPS) is 10.9. The Kier molecular flexibility index (Phi) is 4.41. The van der Waals surface area contributed by atoms with E-state index in [-0.39, 0.29) is 23.7 Å². The highest BCUT2D eigenvalue weighted by atomic mass is 16.5. The summed E-state index contributed by atoms with van der Waals surface area (Å²) in [6.07, 6.45) is 1.32. The Bertz CT molecular complexity index is 914. The van der Waals surface area contributed by atoms with Gasteiger partial charge in [-0.15, -0.1) is 0 Å². The molecule has 0 unspecified atom stereocenters. The third-order valence-corrected chi connectivity index (χ3v) is 3.89. The van der Waals surface area contributed by atoms with Crippen molar-refractivity contribution in [2.45, 2.75) is 26.9 Å². The van der Waals surface area contributed by atoms with Gasteiger partial charge >= 0.3 is 0 Å². The van der Waals surface area contributed by atoms with Crippen molar-refractivity contribution in [2.24, 2.45) is 0 Å². The van der Waals surface area contributed by atoms with E-state index in [0.29, 0.717) is 24.2 Å². The van der Waals surface area contributed by atoms with Gasteiger partial charge in [0, 0.05) is 13.1 Å². The molecule has 0 spiro atoms. The molecule has 0 aliphatic heterocycles. The minimum absolute atomic E-state index is 0.0624. The van der Waals surface area contributed by atoms with E-state index in [2.05, 4.69) is 10.1 Å². The van der Waals surface area contributed by atoms with E-state index in [1.54, 1.807) is 11.8 Å². The van der Waals surface area contributed by atoms with Crippen LogP contribution >= 0.6 is 0 Å². The topological polar surface area (TPSA) is 81.2 Å². The quantitative estimate of drug-likeness (QED) is 0.713. The second-order valence-electron chi connectivity index (χ2n) is 5.52. The number of likely N-dealkylation sites (N-methyl/N-ethyl adjacent to an activating group) is 1. The van der Waals surface area contributed by atoms with E-state index < -0.39 is 0 Å². The average Bonchev–Trinajstić information content (AvgIpc) is 2.98. The number of carbonyl (C=O) groups is 1. The number of fused-ring (bicyclic) bond motifs is 1. The van der Waals surface area contributed by atoms with Crippen LogP contribution in [0.5, 0.6) is 0 Å². The molecule has 2 heterocycles. The SMILES string of the molecule is CCN(Cc1ccccc1)C(=O)Cn1cnc2onc(C)c2c1=O. The molecule has 24 heavy (non-hydrogen) atoms. The molecule has 0 aliphatic carbocycles. The Morgan fingerprint density at radius 3 is 2.75 bits per heavy atom. The van der Waals surface area contributed by atoms with Crippen LogP contribution in [-0.2, 0) is 17.9 Å². The third-order valence-electron chi connectivity index (χ3n) is 3.89. The molecule has 3 rings (SSSR count). The minimum atomic E-state index is -0.317. The van der Waals surface area contributed by atoms with Crippen LogP contribution < -0.4 is 5.56 Å². The largest absolute Gasteiger partial charge is 0.337 e. The van der Waals surface area contributed by atoms with Gasteiger partial charge in [0.15, 0.2) is 0 Å². The maximum absolute atomic E-state index is 12.6. The van der Waals surface area contributed by atoms with Crippen molar-refractivity contribution in [1.29, 1.82) is 0 Å². The second kappa shape index (κ2) is 6.66. The van der Waals surface area contributed by atoms with E-state index in [1.807, 2.05) is 37.3 Å². The van der Waals surface area contributed by atoms with Gasteiger partial charge in [0.25, 0.3) is 11.3 Å². The molecule has 0 fully saturated rings. The fourth-order valence-corrected chi connectivity index (χ4v) is 2.55. The van der Waals surface area contributed by atoms with Gasteiger partial charge in [-0.3, -0.25) is 14.2 Å². The average molecular weight is 326 g/mol. The Morgan fingerprint density at radius 1 is 1.29 bits per heavy atom. The zero-order valence-electron chi connectivity index (χ0n) is 13.6.